The third-order valence-electron chi connectivity index (χ3n) is 8.19. The summed E-state index contributed by atoms with van der Waals surface area (Å²) in [6, 6.07) is 10.6. The summed E-state index contributed by atoms with van der Waals surface area (Å²) in [5.41, 5.74) is 6.53. The number of carbonyl (C=O) groups excluding carboxylic acids is 1. The van der Waals surface area contributed by atoms with E-state index in [0.717, 1.165) is 66.1 Å². The number of aliphatic carboxylic acids is 1. The van der Waals surface area contributed by atoms with E-state index in [-0.39, 0.29) is 16.7 Å². The molecule has 2 aromatic carbocycles. The molecule has 2 unspecified atom stereocenters. The number of aromatic amines is 1. The maximum absolute atomic E-state index is 13.0. The van der Waals surface area contributed by atoms with Gasteiger partial charge in [0.05, 0.1) is 10.6 Å². The van der Waals surface area contributed by atoms with Gasteiger partial charge < -0.3 is 25.6 Å². The number of nitrogens with one attached hydrogen (secondary N) is 4. The summed E-state index contributed by atoms with van der Waals surface area (Å²) in [5, 5.41) is 19.4. The molecule has 2 aliphatic rings. The highest BCUT2D eigenvalue weighted by molar-refractivity contribution is 7.89. The van der Waals surface area contributed by atoms with Crippen molar-refractivity contribution in [3.05, 3.63) is 65.0 Å². The summed E-state index contributed by atoms with van der Waals surface area (Å²) >= 11 is 0. The molecule has 0 saturated carbocycles. The highest BCUT2D eigenvalue weighted by atomic mass is 32.2. The van der Waals surface area contributed by atoms with E-state index in [4.69, 9.17) is 4.84 Å². The number of benzene rings is 2. The number of nitrogens with zero attached hydrogens (tertiary/aromatic N) is 2. The van der Waals surface area contributed by atoms with Crippen LogP contribution < -0.4 is 15.4 Å². The average molecular weight is 637 g/mol. The van der Waals surface area contributed by atoms with E-state index in [9.17, 15) is 23.1 Å². The van der Waals surface area contributed by atoms with E-state index in [2.05, 4.69) is 30.5 Å². The van der Waals surface area contributed by atoms with Crippen molar-refractivity contribution in [3.8, 4) is 11.1 Å². The van der Waals surface area contributed by atoms with Gasteiger partial charge in [-0.2, -0.15) is 4.72 Å². The van der Waals surface area contributed by atoms with Crippen LogP contribution in [-0.4, -0.2) is 66.3 Å². The lowest BCUT2D eigenvalue weighted by Gasteiger charge is -2.16. The predicted molar refractivity (Wildman–Crippen MR) is 171 cm³/mol. The molecule has 1 aliphatic carbocycles. The monoisotopic (exact) mass is 636 g/mol. The molecule has 0 bridgehead atoms. The predicted octanol–water partition coefficient (Wildman–Crippen LogP) is 3.85. The Morgan fingerprint density at radius 2 is 1.80 bits per heavy atom. The Morgan fingerprint density at radius 1 is 1.07 bits per heavy atom. The van der Waals surface area contributed by atoms with Crippen LogP contribution in [0, 0.1) is 13.8 Å². The van der Waals surface area contributed by atoms with Gasteiger partial charge >= 0.3 is 5.97 Å². The molecule has 2 heterocycles. The summed E-state index contributed by atoms with van der Waals surface area (Å²) in [4.78, 5) is 37.9. The van der Waals surface area contributed by atoms with E-state index in [1.54, 1.807) is 12.1 Å². The Bertz CT molecular complexity index is 1620. The summed E-state index contributed by atoms with van der Waals surface area (Å²) < 4.78 is 28.2. The molecule has 13 heteroatoms. The molecule has 1 aromatic heterocycles. The topological polar surface area (TPSA) is 175 Å². The van der Waals surface area contributed by atoms with Gasteiger partial charge in [-0.05, 0) is 93.2 Å². The maximum atomic E-state index is 13.0. The SMILES string of the molecule is Cc1cccc(C)c1-c1ccc(S(=O)(=O)NC(CNC(=O)C2=NOC(CCCCNc3nc4c([nH]3)CCCC4)C2)C(=O)O)cc1. The highest BCUT2D eigenvalue weighted by Crippen LogP contribution is 2.28. The van der Waals surface area contributed by atoms with E-state index >= 15 is 0 Å². The zero-order chi connectivity index (χ0) is 32.0. The van der Waals surface area contributed by atoms with E-state index in [0.29, 0.717) is 12.8 Å². The van der Waals surface area contributed by atoms with Gasteiger partial charge in [0.15, 0.2) is 0 Å². The number of oxime groups is 1. The molecule has 12 nitrogen and oxygen atoms in total. The summed E-state index contributed by atoms with van der Waals surface area (Å²) in [6.07, 6.45) is 6.95. The number of unbranched alkanes of at least 4 members (excludes halogenated alkanes) is 1. The number of aromatic nitrogens is 2. The molecular formula is C32H40N6O6S. The number of rotatable bonds is 14. The van der Waals surface area contributed by atoms with Gasteiger partial charge in [0.25, 0.3) is 5.91 Å². The molecule has 0 radical (unpaired) electrons. The van der Waals surface area contributed by atoms with Crippen molar-refractivity contribution in [3.63, 3.8) is 0 Å². The second-order valence-corrected chi connectivity index (χ2v) is 13.3. The van der Waals surface area contributed by atoms with Gasteiger partial charge in [-0.15, -0.1) is 0 Å². The molecule has 5 rings (SSSR count). The van der Waals surface area contributed by atoms with Crippen LogP contribution in [0.15, 0.2) is 52.5 Å². The van der Waals surface area contributed by atoms with Crippen molar-refractivity contribution >= 4 is 33.6 Å². The Hall–Kier alpha value is -4.23. The molecule has 45 heavy (non-hydrogen) atoms. The third kappa shape index (κ3) is 8.08. The van der Waals surface area contributed by atoms with Gasteiger partial charge in [0.1, 0.15) is 17.9 Å². The smallest absolute Gasteiger partial charge is 0.323 e. The lowest BCUT2D eigenvalue weighted by molar-refractivity contribution is -0.138. The normalized spacial score (nSPS) is 16.8. The summed E-state index contributed by atoms with van der Waals surface area (Å²) in [7, 11) is -4.18. The Morgan fingerprint density at radius 3 is 2.51 bits per heavy atom. The van der Waals surface area contributed by atoms with E-state index < -0.39 is 34.5 Å². The molecule has 2 atom stereocenters. The number of carboxylic acids is 1. The minimum atomic E-state index is -4.18. The standard InChI is InChI=1S/C32H40N6O6S/c1-20-8-7-9-21(2)29(20)22-13-15-24(16-14-22)45(42,43)38-28(31(40)41)19-34-30(39)27-18-23(44-37-27)10-5-6-17-33-32-35-25-11-3-4-12-26(25)36-32/h7-9,13-16,23,28,38H,3-6,10-12,17-19H2,1-2H3,(H,34,39)(H,40,41)(H2,33,35,36). The number of sulfonamides is 1. The fraction of sp³-hybridized carbons (Fsp3) is 0.438. The number of carboxylic acid groups (broad SMARTS) is 1. The fourth-order valence-corrected chi connectivity index (χ4v) is 6.95. The van der Waals surface area contributed by atoms with Crippen molar-refractivity contribution in [2.24, 2.45) is 5.16 Å². The maximum Gasteiger partial charge on any atom is 0.323 e. The number of fused-ring (bicyclic) bond motifs is 1. The van der Waals surface area contributed by atoms with Crippen LogP contribution in [0.5, 0.6) is 0 Å². The Kier molecular flexibility index (Phi) is 10.2. The largest absolute Gasteiger partial charge is 0.480 e. The van der Waals surface area contributed by atoms with E-state index in [1.165, 1.54) is 30.7 Å². The van der Waals surface area contributed by atoms with Crippen LogP contribution in [0.1, 0.15) is 61.0 Å². The van der Waals surface area contributed by atoms with Crippen molar-refractivity contribution in [2.45, 2.75) is 82.3 Å². The number of hydrogen-bond acceptors (Lipinski definition) is 8. The molecule has 5 N–H and O–H groups in total. The lowest BCUT2D eigenvalue weighted by atomic mass is 9.96. The summed E-state index contributed by atoms with van der Waals surface area (Å²) in [6.45, 7) is 4.27. The van der Waals surface area contributed by atoms with Crippen LogP contribution in [0.25, 0.3) is 11.1 Å². The highest BCUT2D eigenvalue weighted by Gasteiger charge is 2.29. The first-order valence-electron chi connectivity index (χ1n) is 15.3. The Balaban J connectivity index is 1.05. The van der Waals surface area contributed by atoms with Crippen LogP contribution in [0.3, 0.4) is 0 Å². The van der Waals surface area contributed by atoms with Crippen molar-refractivity contribution in [1.29, 1.82) is 0 Å². The molecular weight excluding hydrogens is 596 g/mol. The van der Waals surface area contributed by atoms with Crippen molar-refractivity contribution in [1.82, 2.24) is 20.0 Å². The second-order valence-electron chi connectivity index (χ2n) is 11.6. The molecule has 0 spiro atoms. The number of hydrogen-bond donors (Lipinski definition) is 5. The van der Waals surface area contributed by atoms with Gasteiger partial charge in [0, 0.05) is 25.2 Å². The lowest BCUT2D eigenvalue weighted by Crippen LogP contribution is -2.49. The molecule has 0 fully saturated rings. The third-order valence-corrected chi connectivity index (χ3v) is 9.68. The first-order chi connectivity index (χ1) is 21.6. The first-order valence-corrected chi connectivity index (χ1v) is 16.8. The van der Waals surface area contributed by atoms with E-state index in [1.807, 2.05) is 32.0 Å². The zero-order valence-corrected chi connectivity index (χ0v) is 26.4. The van der Waals surface area contributed by atoms with Crippen LogP contribution in [0.4, 0.5) is 5.95 Å². The minimum absolute atomic E-state index is 0.0787. The number of carbonyl (C=O) groups is 2. The van der Waals surface area contributed by atoms with Crippen LogP contribution in [-0.2, 0) is 37.3 Å². The molecule has 240 valence electrons. The van der Waals surface area contributed by atoms with Crippen LogP contribution in [0.2, 0.25) is 0 Å². The molecule has 1 aliphatic heterocycles. The van der Waals surface area contributed by atoms with Gasteiger partial charge in [-0.3, -0.25) is 9.59 Å². The number of anilines is 1. The van der Waals surface area contributed by atoms with Crippen LogP contribution >= 0.6 is 0 Å². The quantitative estimate of drug-likeness (QED) is 0.166. The fourth-order valence-electron chi connectivity index (χ4n) is 5.76. The Labute approximate surface area is 263 Å². The second kappa shape index (κ2) is 14.2. The first kappa shape index (κ1) is 32.2. The number of H-pyrrole nitrogens is 1. The van der Waals surface area contributed by atoms with Gasteiger partial charge in [0.2, 0.25) is 16.0 Å². The zero-order valence-electron chi connectivity index (χ0n) is 25.6. The van der Waals surface area contributed by atoms with Crippen molar-refractivity contribution in [2.75, 3.05) is 18.4 Å². The van der Waals surface area contributed by atoms with Crippen molar-refractivity contribution < 1.29 is 28.0 Å². The van der Waals surface area contributed by atoms with Gasteiger partial charge in [-0.1, -0.05) is 35.5 Å². The average Bonchev–Trinajstić information content (AvgIpc) is 3.66. The number of aryl methyl sites for hydroxylation is 4. The molecule has 3 aromatic rings. The molecule has 0 saturated heterocycles. The minimum Gasteiger partial charge on any atom is -0.480 e. The summed E-state index contributed by atoms with van der Waals surface area (Å²) in [5.74, 6) is -1.20. The number of amides is 1. The number of imidazole rings is 1. The van der Waals surface area contributed by atoms with Gasteiger partial charge in [-0.25, -0.2) is 13.4 Å². The molecule has 1 amide bonds.